The Hall–Kier alpha value is -2.57. The summed E-state index contributed by atoms with van der Waals surface area (Å²) in [6.45, 7) is 6.27. The van der Waals surface area contributed by atoms with Gasteiger partial charge in [-0.05, 0) is 57.1 Å². The number of halogens is 1. The highest BCUT2D eigenvalue weighted by molar-refractivity contribution is 6.33. The van der Waals surface area contributed by atoms with Crippen LogP contribution in [0.5, 0.6) is 0 Å². The van der Waals surface area contributed by atoms with Gasteiger partial charge in [-0.2, -0.15) is 0 Å². The van der Waals surface area contributed by atoms with Gasteiger partial charge in [0.25, 0.3) is 5.91 Å². The maximum atomic E-state index is 13.3. The number of amides is 2. The predicted octanol–water partition coefficient (Wildman–Crippen LogP) is 3.73. The Morgan fingerprint density at radius 3 is 2.39 bits per heavy atom. The van der Waals surface area contributed by atoms with E-state index >= 15 is 0 Å². The minimum atomic E-state index is -0.893. The van der Waals surface area contributed by atoms with Crippen molar-refractivity contribution >= 4 is 34.8 Å². The molecule has 2 fully saturated rings. The fraction of sp³-hybridized carbons (Fsp3) is 0.417. The molecule has 7 heteroatoms. The van der Waals surface area contributed by atoms with Gasteiger partial charge in [-0.25, -0.2) is 0 Å². The number of hydrogen-bond donors (Lipinski definition) is 1. The van der Waals surface area contributed by atoms with Gasteiger partial charge in [0.15, 0.2) is 0 Å². The summed E-state index contributed by atoms with van der Waals surface area (Å²) in [6.07, 6.45) is 1.43. The van der Waals surface area contributed by atoms with Crippen LogP contribution in [0, 0.1) is 0 Å². The molecule has 0 aliphatic carbocycles. The molecule has 1 unspecified atom stereocenters. The van der Waals surface area contributed by atoms with Crippen LogP contribution >= 0.6 is 11.6 Å². The Labute approximate surface area is 188 Å². The quantitative estimate of drug-likeness (QED) is 0.787. The van der Waals surface area contributed by atoms with E-state index in [-0.39, 0.29) is 11.8 Å². The lowest BCUT2D eigenvalue weighted by Crippen LogP contribution is -2.53. The number of carbonyl (C=O) groups excluding carboxylic acids is 2. The van der Waals surface area contributed by atoms with Crippen molar-refractivity contribution in [2.75, 3.05) is 50.0 Å². The van der Waals surface area contributed by atoms with Gasteiger partial charge < -0.3 is 20.0 Å². The average Bonchev–Trinajstić information content (AvgIpc) is 3.18. The van der Waals surface area contributed by atoms with E-state index in [1.807, 2.05) is 37.3 Å². The second-order valence-corrected chi connectivity index (χ2v) is 9.02. The number of likely N-dealkylation sites (tertiary alicyclic amines) is 1. The molecular formula is C24H29ClN4O2. The molecule has 164 valence electrons. The first kappa shape index (κ1) is 21.7. The molecule has 2 heterocycles. The Morgan fingerprint density at radius 1 is 1.00 bits per heavy atom. The van der Waals surface area contributed by atoms with E-state index in [0.717, 1.165) is 38.3 Å². The highest BCUT2D eigenvalue weighted by Crippen LogP contribution is 2.34. The minimum absolute atomic E-state index is 0.112. The molecule has 2 aliphatic rings. The van der Waals surface area contributed by atoms with E-state index in [0.29, 0.717) is 29.2 Å². The summed E-state index contributed by atoms with van der Waals surface area (Å²) in [6, 6.07) is 14.8. The highest BCUT2D eigenvalue weighted by Gasteiger charge is 2.45. The number of benzene rings is 2. The lowest BCUT2D eigenvalue weighted by molar-refractivity contribution is -0.124. The summed E-state index contributed by atoms with van der Waals surface area (Å²) in [5.74, 6) is -0.295. The molecule has 2 saturated heterocycles. The zero-order valence-electron chi connectivity index (χ0n) is 18.1. The van der Waals surface area contributed by atoms with E-state index in [2.05, 4.69) is 22.2 Å². The van der Waals surface area contributed by atoms with Crippen LogP contribution in [0.2, 0.25) is 5.02 Å². The molecule has 2 amide bonds. The molecule has 0 spiro atoms. The Kier molecular flexibility index (Phi) is 6.21. The predicted molar refractivity (Wildman–Crippen MR) is 125 cm³/mol. The number of rotatable bonds is 4. The number of carbonyl (C=O) groups is 2. The highest BCUT2D eigenvalue weighted by atomic mass is 35.5. The van der Waals surface area contributed by atoms with Gasteiger partial charge in [-0.3, -0.25) is 9.59 Å². The summed E-state index contributed by atoms with van der Waals surface area (Å²) in [7, 11) is 2.12. The van der Waals surface area contributed by atoms with Gasteiger partial charge in [0.05, 0.1) is 10.7 Å². The first-order chi connectivity index (χ1) is 14.9. The third kappa shape index (κ3) is 4.41. The lowest BCUT2D eigenvalue weighted by atomic mass is 9.96. The molecule has 2 aliphatic heterocycles. The number of piperazine rings is 1. The number of nitrogens with one attached hydrogen (secondary N) is 1. The maximum absolute atomic E-state index is 13.3. The average molecular weight is 441 g/mol. The smallest absolute Gasteiger partial charge is 0.254 e. The van der Waals surface area contributed by atoms with E-state index in [4.69, 9.17) is 11.6 Å². The monoisotopic (exact) mass is 440 g/mol. The molecule has 2 aromatic rings. The van der Waals surface area contributed by atoms with Crippen LogP contribution in [0.1, 0.15) is 30.1 Å². The first-order valence-corrected chi connectivity index (χ1v) is 11.2. The molecule has 0 saturated carbocycles. The fourth-order valence-corrected chi connectivity index (χ4v) is 4.72. The summed E-state index contributed by atoms with van der Waals surface area (Å²) in [5, 5.41) is 3.62. The zero-order chi connectivity index (χ0) is 22.0. The summed E-state index contributed by atoms with van der Waals surface area (Å²) < 4.78 is 0. The Bertz CT molecular complexity index is 959. The van der Waals surface area contributed by atoms with E-state index in [9.17, 15) is 9.59 Å². The normalized spacial score (nSPS) is 21.9. The molecule has 0 bridgehead atoms. The van der Waals surface area contributed by atoms with Gasteiger partial charge in [0.2, 0.25) is 5.91 Å². The summed E-state index contributed by atoms with van der Waals surface area (Å²) >= 11 is 6.56. The number of likely N-dealkylation sites (N-methyl/N-ethyl adjacent to an activating group) is 1. The fourth-order valence-electron chi connectivity index (χ4n) is 4.42. The van der Waals surface area contributed by atoms with Crippen LogP contribution < -0.4 is 10.2 Å². The molecule has 4 rings (SSSR count). The SMILES string of the molecule is CN1CCN(c2ccc(NC(=O)C3(C)CCCN3C(=O)c3ccccc3)cc2Cl)CC1. The minimum Gasteiger partial charge on any atom is -0.368 e. The van der Waals surface area contributed by atoms with Crippen molar-refractivity contribution in [1.82, 2.24) is 9.80 Å². The van der Waals surface area contributed by atoms with E-state index in [1.54, 1.807) is 23.1 Å². The van der Waals surface area contributed by atoms with Gasteiger partial charge >= 0.3 is 0 Å². The Balaban J connectivity index is 1.48. The molecule has 1 N–H and O–H groups in total. The number of nitrogens with zero attached hydrogens (tertiary/aromatic N) is 3. The van der Waals surface area contributed by atoms with Gasteiger partial charge in [-0.1, -0.05) is 29.8 Å². The first-order valence-electron chi connectivity index (χ1n) is 10.8. The van der Waals surface area contributed by atoms with Crippen LogP contribution in [-0.4, -0.2) is 66.9 Å². The van der Waals surface area contributed by atoms with E-state index < -0.39 is 5.54 Å². The van der Waals surface area contributed by atoms with Crippen molar-refractivity contribution in [2.24, 2.45) is 0 Å². The van der Waals surface area contributed by atoms with Crippen LogP contribution in [0.4, 0.5) is 11.4 Å². The van der Waals surface area contributed by atoms with E-state index in [1.165, 1.54) is 0 Å². The number of hydrogen-bond acceptors (Lipinski definition) is 4. The summed E-state index contributed by atoms with van der Waals surface area (Å²) in [4.78, 5) is 32.5. The molecule has 6 nitrogen and oxygen atoms in total. The van der Waals surface area contributed by atoms with Crippen molar-refractivity contribution in [3.8, 4) is 0 Å². The second kappa shape index (κ2) is 8.89. The van der Waals surface area contributed by atoms with Crippen molar-refractivity contribution in [2.45, 2.75) is 25.3 Å². The van der Waals surface area contributed by atoms with Crippen LogP contribution in [0.3, 0.4) is 0 Å². The van der Waals surface area contributed by atoms with Crippen LogP contribution in [-0.2, 0) is 4.79 Å². The van der Waals surface area contributed by atoms with Crippen molar-refractivity contribution in [3.63, 3.8) is 0 Å². The summed E-state index contributed by atoms with van der Waals surface area (Å²) in [5.41, 5.74) is 1.34. The van der Waals surface area contributed by atoms with Crippen LogP contribution in [0.25, 0.3) is 0 Å². The molecular weight excluding hydrogens is 412 g/mol. The molecule has 0 radical (unpaired) electrons. The molecule has 1 atom stereocenters. The molecule has 31 heavy (non-hydrogen) atoms. The number of anilines is 2. The third-order valence-electron chi connectivity index (χ3n) is 6.45. The zero-order valence-corrected chi connectivity index (χ0v) is 18.9. The van der Waals surface area contributed by atoms with Crippen LogP contribution in [0.15, 0.2) is 48.5 Å². The van der Waals surface area contributed by atoms with Crippen molar-refractivity contribution in [1.29, 1.82) is 0 Å². The Morgan fingerprint density at radius 2 is 1.71 bits per heavy atom. The molecule has 2 aromatic carbocycles. The maximum Gasteiger partial charge on any atom is 0.254 e. The van der Waals surface area contributed by atoms with Gasteiger partial charge in [0, 0.05) is 44.0 Å². The third-order valence-corrected chi connectivity index (χ3v) is 6.75. The standard InChI is InChI=1S/C24H29ClN4O2/c1-24(11-6-12-29(24)22(30)18-7-4-3-5-8-18)23(31)26-19-9-10-21(20(25)17-19)28-15-13-27(2)14-16-28/h3-5,7-10,17H,6,11-16H2,1-2H3,(H,26,31). The van der Waals surface area contributed by atoms with Crippen molar-refractivity contribution in [3.05, 3.63) is 59.1 Å². The largest absolute Gasteiger partial charge is 0.368 e. The topological polar surface area (TPSA) is 55.9 Å². The van der Waals surface area contributed by atoms with Gasteiger partial charge in [-0.15, -0.1) is 0 Å². The molecule has 0 aromatic heterocycles. The van der Waals surface area contributed by atoms with Gasteiger partial charge in [0.1, 0.15) is 5.54 Å². The second-order valence-electron chi connectivity index (χ2n) is 8.61. The van der Waals surface area contributed by atoms with Crippen molar-refractivity contribution < 1.29 is 9.59 Å². The lowest BCUT2D eigenvalue weighted by Gasteiger charge is -2.35.